The molecule has 7 heteroatoms. The molecule has 6 nitrogen and oxygen atoms in total. The molecule has 0 aliphatic heterocycles. The van der Waals surface area contributed by atoms with Gasteiger partial charge in [-0.1, -0.05) is 38.1 Å². The summed E-state index contributed by atoms with van der Waals surface area (Å²) >= 11 is 0. The largest absolute Gasteiger partial charge is 0.492 e. The summed E-state index contributed by atoms with van der Waals surface area (Å²) in [5.74, 6) is 0.512. The summed E-state index contributed by atoms with van der Waals surface area (Å²) in [5, 5.41) is 0. The van der Waals surface area contributed by atoms with E-state index in [4.69, 9.17) is 4.74 Å². The third-order valence-corrected chi connectivity index (χ3v) is 6.61. The molecule has 0 aliphatic carbocycles. The van der Waals surface area contributed by atoms with E-state index in [2.05, 4.69) is 0 Å². The van der Waals surface area contributed by atoms with Gasteiger partial charge in [0.2, 0.25) is 10.0 Å². The lowest BCUT2D eigenvalue weighted by Gasteiger charge is -2.21. The average molecular weight is 405 g/mol. The van der Waals surface area contributed by atoms with Gasteiger partial charge < -0.3 is 9.64 Å². The van der Waals surface area contributed by atoms with E-state index in [-0.39, 0.29) is 10.8 Å². The molecule has 0 saturated heterocycles. The standard InChI is InChI=1S/C21H28N2O4S/c1-5-23(6-2)28(25,26)19-13-12-17(3)20(16-19)21(24)22(4)14-15-27-18-10-8-7-9-11-18/h7-13,16H,5-6,14-15H2,1-4H3. The highest BCUT2D eigenvalue weighted by atomic mass is 32.2. The Balaban J connectivity index is 2.13. The third-order valence-electron chi connectivity index (χ3n) is 4.57. The Morgan fingerprint density at radius 2 is 1.68 bits per heavy atom. The Morgan fingerprint density at radius 1 is 1.04 bits per heavy atom. The fraction of sp³-hybridized carbons (Fsp3) is 0.381. The summed E-state index contributed by atoms with van der Waals surface area (Å²) in [7, 11) is -1.93. The van der Waals surface area contributed by atoms with Crippen LogP contribution in [0.2, 0.25) is 0 Å². The van der Waals surface area contributed by atoms with Crippen LogP contribution < -0.4 is 4.74 Å². The van der Waals surface area contributed by atoms with Crippen LogP contribution in [-0.2, 0) is 10.0 Å². The maximum atomic E-state index is 12.9. The lowest BCUT2D eigenvalue weighted by molar-refractivity contribution is 0.0773. The van der Waals surface area contributed by atoms with Crippen molar-refractivity contribution in [2.75, 3.05) is 33.3 Å². The smallest absolute Gasteiger partial charge is 0.254 e. The van der Waals surface area contributed by atoms with E-state index in [1.165, 1.54) is 10.4 Å². The number of hydrogen-bond acceptors (Lipinski definition) is 4. The van der Waals surface area contributed by atoms with Crippen LogP contribution in [0.4, 0.5) is 0 Å². The molecule has 0 atom stereocenters. The van der Waals surface area contributed by atoms with Crippen molar-refractivity contribution in [3.8, 4) is 5.75 Å². The number of carbonyl (C=O) groups is 1. The number of para-hydroxylation sites is 1. The maximum Gasteiger partial charge on any atom is 0.254 e. The van der Waals surface area contributed by atoms with Crippen LogP contribution in [0.1, 0.15) is 29.8 Å². The fourth-order valence-electron chi connectivity index (χ4n) is 2.83. The lowest BCUT2D eigenvalue weighted by atomic mass is 10.1. The predicted molar refractivity (Wildman–Crippen MR) is 110 cm³/mol. The molecule has 2 aromatic carbocycles. The van der Waals surface area contributed by atoms with E-state index >= 15 is 0 Å². The topological polar surface area (TPSA) is 66.9 Å². The molecule has 2 rings (SSSR count). The molecule has 0 heterocycles. The summed E-state index contributed by atoms with van der Waals surface area (Å²) in [4.78, 5) is 14.5. The van der Waals surface area contributed by atoms with Gasteiger partial charge in [-0.05, 0) is 36.8 Å². The summed E-state index contributed by atoms with van der Waals surface area (Å²) in [6, 6.07) is 14.1. The van der Waals surface area contributed by atoms with Gasteiger partial charge in [-0.15, -0.1) is 0 Å². The highest BCUT2D eigenvalue weighted by Crippen LogP contribution is 2.20. The molecule has 0 aromatic heterocycles. The number of nitrogens with zero attached hydrogens (tertiary/aromatic N) is 2. The molecule has 0 aliphatic rings. The molecule has 2 aromatic rings. The molecule has 1 amide bonds. The molecule has 0 N–H and O–H groups in total. The number of hydrogen-bond donors (Lipinski definition) is 0. The molecule has 0 spiro atoms. The van der Waals surface area contributed by atoms with Crippen molar-refractivity contribution in [3.63, 3.8) is 0 Å². The zero-order chi connectivity index (χ0) is 20.7. The van der Waals surface area contributed by atoms with Gasteiger partial charge in [-0.25, -0.2) is 8.42 Å². The summed E-state index contributed by atoms with van der Waals surface area (Å²) in [6.07, 6.45) is 0. The zero-order valence-corrected chi connectivity index (χ0v) is 17.7. The highest BCUT2D eigenvalue weighted by Gasteiger charge is 2.24. The third kappa shape index (κ3) is 5.11. The normalized spacial score (nSPS) is 11.5. The summed E-state index contributed by atoms with van der Waals surface area (Å²) < 4.78 is 32.5. The first-order valence-electron chi connectivity index (χ1n) is 9.35. The lowest BCUT2D eigenvalue weighted by Crippen LogP contribution is -2.33. The second-order valence-corrected chi connectivity index (χ2v) is 8.39. The van der Waals surface area contributed by atoms with Crippen LogP contribution in [0.5, 0.6) is 5.75 Å². The number of carbonyl (C=O) groups excluding carboxylic acids is 1. The van der Waals surface area contributed by atoms with Gasteiger partial charge in [0.05, 0.1) is 11.4 Å². The number of amides is 1. The Morgan fingerprint density at radius 3 is 2.29 bits per heavy atom. The Kier molecular flexibility index (Phi) is 7.60. The van der Waals surface area contributed by atoms with Gasteiger partial charge in [0.15, 0.2) is 0 Å². The van der Waals surface area contributed by atoms with Crippen LogP contribution in [0.3, 0.4) is 0 Å². The molecule has 0 saturated carbocycles. The SMILES string of the molecule is CCN(CC)S(=O)(=O)c1ccc(C)c(C(=O)N(C)CCOc2ccccc2)c1. The van der Waals surface area contributed by atoms with E-state index in [1.807, 2.05) is 30.3 Å². The van der Waals surface area contributed by atoms with Crippen LogP contribution >= 0.6 is 0 Å². The molecule has 28 heavy (non-hydrogen) atoms. The van der Waals surface area contributed by atoms with E-state index in [0.29, 0.717) is 31.8 Å². The van der Waals surface area contributed by atoms with Crippen molar-refractivity contribution in [1.82, 2.24) is 9.21 Å². The average Bonchev–Trinajstić information content (AvgIpc) is 2.69. The van der Waals surface area contributed by atoms with Gasteiger partial charge in [0, 0.05) is 25.7 Å². The van der Waals surface area contributed by atoms with E-state index in [9.17, 15) is 13.2 Å². The van der Waals surface area contributed by atoms with Gasteiger partial charge in [-0.3, -0.25) is 4.79 Å². The first-order chi connectivity index (χ1) is 13.3. The van der Waals surface area contributed by atoms with Crippen LogP contribution in [0.25, 0.3) is 0 Å². The van der Waals surface area contributed by atoms with Gasteiger partial charge in [-0.2, -0.15) is 4.31 Å². The van der Waals surface area contributed by atoms with Crippen molar-refractivity contribution in [1.29, 1.82) is 0 Å². The molecule has 0 radical (unpaired) electrons. The number of benzene rings is 2. The van der Waals surface area contributed by atoms with Crippen molar-refractivity contribution in [2.45, 2.75) is 25.7 Å². The second-order valence-electron chi connectivity index (χ2n) is 6.45. The minimum atomic E-state index is -3.61. The Labute approximate surface area is 167 Å². The molecular formula is C21H28N2O4S. The van der Waals surface area contributed by atoms with E-state index in [0.717, 1.165) is 11.3 Å². The van der Waals surface area contributed by atoms with Gasteiger partial charge in [0.25, 0.3) is 5.91 Å². The van der Waals surface area contributed by atoms with Crippen molar-refractivity contribution in [3.05, 3.63) is 59.7 Å². The monoisotopic (exact) mass is 404 g/mol. The van der Waals surface area contributed by atoms with Crippen LogP contribution in [0.15, 0.2) is 53.4 Å². The van der Waals surface area contributed by atoms with Crippen molar-refractivity contribution >= 4 is 15.9 Å². The zero-order valence-electron chi connectivity index (χ0n) is 16.9. The quantitative estimate of drug-likeness (QED) is 0.644. The molecule has 0 fully saturated rings. The van der Waals surface area contributed by atoms with E-state index in [1.54, 1.807) is 44.9 Å². The van der Waals surface area contributed by atoms with Gasteiger partial charge in [0.1, 0.15) is 12.4 Å². The fourth-order valence-corrected chi connectivity index (χ4v) is 4.31. The first-order valence-corrected chi connectivity index (χ1v) is 10.8. The van der Waals surface area contributed by atoms with Crippen LogP contribution in [0, 0.1) is 6.92 Å². The molecule has 0 unspecified atom stereocenters. The predicted octanol–water partition coefficient (Wildman–Crippen LogP) is 3.18. The Hall–Kier alpha value is -2.38. The first kappa shape index (κ1) is 21.9. The Bertz CT molecular complexity index is 894. The minimum absolute atomic E-state index is 0.138. The summed E-state index contributed by atoms with van der Waals surface area (Å²) in [6.45, 7) is 6.89. The number of sulfonamides is 1. The highest BCUT2D eigenvalue weighted by molar-refractivity contribution is 7.89. The van der Waals surface area contributed by atoms with Crippen molar-refractivity contribution in [2.24, 2.45) is 0 Å². The molecule has 152 valence electrons. The second kappa shape index (κ2) is 9.71. The molecule has 0 bridgehead atoms. The van der Waals surface area contributed by atoms with Gasteiger partial charge >= 0.3 is 0 Å². The van der Waals surface area contributed by atoms with E-state index < -0.39 is 10.0 Å². The maximum absolute atomic E-state index is 12.9. The number of ether oxygens (including phenoxy) is 1. The number of rotatable bonds is 9. The molecular weight excluding hydrogens is 376 g/mol. The van der Waals surface area contributed by atoms with Crippen molar-refractivity contribution < 1.29 is 17.9 Å². The van der Waals surface area contributed by atoms with Crippen LogP contribution in [-0.4, -0.2) is 56.8 Å². The summed E-state index contributed by atoms with van der Waals surface area (Å²) in [5.41, 5.74) is 1.12. The minimum Gasteiger partial charge on any atom is -0.492 e. The number of aryl methyl sites for hydroxylation is 1. The number of likely N-dealkylation sites (N-methyl/N-ethyl adjacent to an activating group) is 1.